The first kappa shape index (κ1) is 11.0. The molecule has 0 fully saturated rings. The van der Waals surface area contributed by atoms with Crippen LogP contribution in [0.2, 0.25) is 0 Å². The zero-order chi connectivity index (χ0) is 9.68. The Morgan fingerprint density at radius 1 is 1.62 bits per heavy atom. The number of rotatable bonds is 4. The van der Waals surface area contributed by atoms with Crippen LogP contribution in [0.4, 0.5) is 0 Å². The molecule has 0 spiro atoms. The van der Waals surface area contributed by atoms with Gasteiger partial charge in [0.05, 0.1) is 0 Å². The molecule has 0 unspecified atom stereocenters. The van der Waals surface area contributed by atoms with E-state index in [9.17, 15) is 0 Å². The maximum absolute atomic E-state index is 3.50. The van der Waals surface area contributed by atoms with Crippen LogP contribution < -0.4 is 5.32 Å². The molecule has 1 nitrogen and oxygen atoms in total. The normalized spacial score (nSPS) is 10.1. The highest BCUT2D eigenvalue weighted by molar-refractivity contribution is 9.10. The first-order valence-electron chi connectivity index (χ1n) is 4.26. The summed E-state index contributed by atoms with van der Waals surface area (Å²) in [6.45, 7) is 6.13. The molecule has 3 heteroatoms. The summed E-state index contributed by atoms with van der Waals surface area (Å²) in [5.74, 6) is 0. The third-order valence-corrected chi connectivity index (χ3v) is 3.56. The van der Waals surface area contributed by atoms with E-state index in [1.54, 1.807) is 11.3 Å². The van der Waals surface area contributed by atoms with Gasteiger partial charge in [-0.3, -0.25) is 0 Å². The standard InChI is InChI=1S/C10H14BrNS/c1-8(2)3-5-12-7-10-9(11)4-6-13-10/h3-4,6,12H,5,7H2,1-2H3. The molecule has 0 saturated carbocycles. The Hall–Kier alpha value is -0.120. The van der Waals surface area contributed by atoms with Crippen molar-refractivity contribution in [3.8, 4) is 0 Å². The van der Waals surface area contributed by atoms with Gasteiger partial charge < -0.3 is 5.32 Å². The molecule has 1 rings (SSSR count). The lowest BCUT2D eigenvalue weighted by Crippen LogP contribution is -2.12. The maximum Gasteiger partial charge on any atom is 0.0327 e. The van der Waals surface area contributed by atoms with E-state index < -0.39 is 0 Å². The van der Waals surface area contributed by atoms with Crippen LogP contribution in [0.1, 0.15) is 18.7 Å². The Kier molecular flexibility index (Phi) is 4.70. The highest BCUT2D eigenvalue weighted by atomic mass is 79.9. The largest absolute Gasteiger partial charge is 0.308 e. The fourth-order valence-corrected chi connectivity index (χ4v) is 2.38. The molecule has 1 heterocycles. The topological polar surface area (TPSA) is 12.0 Å². The smallest absolute Gasteiger partial charge is 0.0327 e. The highest BCUT2D eigenvalue weighted by Crippen LogP contribution is 2.21. The number of thiophene rings is 1. The Morgan fingerprint density at radius 3 is 2.92 bits per heavy atom. The molecule has 0 bridgehead atoms. The molecule has 0 aliphatic carbocycles. The zero-order valence-electron chi connectivity index (χ0n) is 7.93. The molecule has 0 saturated heterocycles. The van der Waals surface area contributed by atoms with E-state index in [1.165, 1.54) is 14.9 Å². The fourth-order valence-electron chi connectivity index (χ4n) is 0.913. The van der Waals surface area contributed by atoms with Crippen molar-refractivity contribution in [3.63, 3.8) is 0 Å². The number of hydrogen-bond donors (Lipinski definition) is 1. The van der Waals surface area contributed by atoms with Crippen molar-refractivity contribution in [3.05, 3.63) is 32.4 Å². The van der Waals surface area contributed by atoms with E-state index in [0.29, 0.717) is 0 Å². The third-order valence-electron chi connectivity index (χ3n) is 1.63. The van der Waals surface area contributed by atoms with Gasteiger partial charge in [-0.1, -0.05) is 11.6 Å². The average molecular weight is 260 g/mol. The second kappa shape index (κ2) is 5.58. The van der Waals surface area contributed by atoms with Gasteiger partial charge in [-0.15, -0.1) is 11.3 Å². The second-order valence-corrected chi connectivity index (χ2v) is 4.96. The molecule has 0 aliphatic heterocycles. The van der Waals surface area contributed by atoms with Crippen molar-refractivity contribution in [1.82, 2.24) is 5.32 Å². The van der Waals surface area contributed by atoms with Gasteiger partial charge in [0, 0.05) is 22.4 Å². The summed E-state index contributed by atoms with van der Waals surface area (Å²) in [6.07, 6.45) is 2.20. The Labute approximate surface area is 92.0 Å². The summed E-state index contributed by atoms with van der Waals surface area (Å²) in [6, 6.07) is 2.09. The van der Waals surface area contributed by atoms with Gasteiger partial charge in [-0.05, 0) is 41.2 Å². The monoisotopic (exact) mass is 259 g/mol. The molecule has 0 radical (unpaired) electrons. The number of nitrogens with one attached hydrogen (secondary N) is 1. The Balaban J connectivity index is 2.28. The predicted octanol–water partition coefficient (Wildman–Crippen LogP) is 3.57. The van der Waals surface area contributed by atoms with Crippen LogP contribution >= 0.6 is 27.3 Å². The summed E-state index contributed by atoms with van der Waals surface area (Å²) in [5, 5.41) is 5.46. The minimum Gasteiger partial charge on any atom is -0.308 e. The SMILES string of the molecule is CC(C)=CCNCc1sccc1Br. The Bertz CT molecular complexity index is 287. The lowest BCUT2D eigenvalue weighted by Gasteiger charge is -1.99. The zero-order valence-corrected chi connectivity index (χ0v) is 10.3. The molecule has 0 aromatic carbocycles. The number of hydrogen-bond acceptors (Lipinski definition) is 2. The van der Waals surface area contributed by atoms with Crippen molar-refractivity contribution >= 4 is 27.3 Å². The van der Waals surface area contributed by atoms with Gasteiger partial charge in [0.2, 0.25) is 0 Å². The molecule has 1 aromatic heterocycles. The average Bonchev–Trinajstić information content (AvgIpc) is 2.45. The van der Waals surface area contributed by atoms with E-state index in [0.717, 1.165) is 13.1 Å². The maximum atomic E-state index is 3.50. The molecule has 0 amide bonds. The van der Waals surface area contributed by atoms with Crippen LogP contribution in [0.15, 0.2) is 27.6 Å². The summed E-state index contributed by atoms with van der Waals surface area (Å²) in [5.41, 5.74) is 1.36. The van der Waals surface area contributed by atoms with Gasteiger partial charge in [0.25, 0.3) is 0 Å². The van der Waals surface area contributed by atoms with Crippen molar-refractivity contribution in [1.29, 1.82) is 0 Å². The van der Waals surface area contributed by atoms with Crippen LogP contribution in [0.25, 0.3) is 0 Å². The van der Waals surface area contributed by atoms with Crippen molar-refractivity contribution in [2.24, 2.45) is 0 Å². The first-order valence-corrected chi connectivity index (χ1v) is 5.93. The number of allylic oxidation sites excluding steroid dienone is 1. The molecule has 1 aromatic rings. The molecule has 0 aliphatic rings. The van der Waals surface area contributed by atoms with Gasteiger partial charge in [-0.25, -0.2) is 0 Å². The summed E-state index contributed by atoms with van der Waals surface area (Å²) in [7, 11) is 0. The highest BCUT2D eigenvalue weighted by Gasteiger charge is 1.98. The lowest BCUT2D eigenvalue weighted by molar-refractivity contribution is 0.765. The van der Waals surface area contributed by atoms with Crippen LogP contribution in [-0.4, -0.2) is 6.54 Å². The van der Waals surface area contributed by atoms with E-state index in [1.807, 2.05) is 0 Å². The van der Waals surface area contributed by atoms with E-state index in [4.69, 9.17) is 0 Å². The van der Waals surface area contributed by atoms with E-state index in [-0.39, 0.29) is 0 Å². The summed E-state index contributed by atoms with van der Waals surface area (Å²) >= 11 is 5.28. The van der Waals surface area contributed by atoms with Crippen molar-refractivity contribution < 1.29 is 0 Å². The third kappa shape index (κ3) is 4.07. The summed E-state index contributed by atoms with van der Waals surface area (Å²) < 4.78 is 1.21. The van der Waals surface area contributed by atoms with Crippen LogP contribution in [0.3, 0.4) is 0 Å². The van der Waals surface area contributed by atoms with Crippen LogP contribution in [0, 0.1) is 0 Å². The van der Waals surface area contributed by atoms with Crippen molar-refractivity contribution in [2.45, 2.75) is 20.4 Å². The van der Waals surface area contributed by atoms with Crippen LogP contribution in [0.5, 0.6) is 0 Å². The van der Waals surface area contributed by atoms with Crippen molar-refractivity contribution in [2.75, 3.05) is 6.54 Å². The van der Waals surface area contributed by atoms with E-state index in [2.05, 4.69) is 52.6 Å². The molecular weight excluding hydrogens is 246 g/mol. The Morgan fingerprint density at radius 2 is 2.38 bits per heavy atom. The molecule has 0 atom stereocenters. The molecule has 13 heavy (non-hydrogen) atoms. The fraction of sp³-hybridized carbons (Fsp3) is 0.400. The molecule has 1 N–H and O–H groups in total. The second-order valence-electron chi connectivity index (χ2n) is 3.10. The lowest BCUT2D eigenvalue weighted by atomic mass is 10.3. The van der Waals surface area contributed by atoms with Gasteiger partial charge in [0.15, 0.2) is 0 Å². The quantitative estimate of drug-likeness (QED) is 0.644. The number of halogens is 1. The summed E-state index contributed by atoms with van der Waals surface area (Å²) in [4.78, 5) is 1.36. The molecule has 72 valence electrons. The van der Waals surface area contributed by atoms with Gasteiger partial charge >= 0.3 is 0 Å². The van der Waals surface area contributed by atoms with Gasteiger partial charge in [0.1, 0.15) is 0 Å². The predicted molar refractivity (Wildman–Crippen MR) is 63.2 cm³/mol. The van der Waals surface area contributed by atoms with Crippen LogP contribution in [-0.2, 0) is 6.54 Å². The minimum absolute atomic E-state index is 0.946. The molecular formula is C10H14BrNS. The minimum atomic E-state index is 0.946. The van der Waals surface area contributed by atoms with Gasteiger partial charge in [-0.2, -0.15) is 0 Å². The van der Waals surface area contributed by atoms with E-state index >= 15 is 0 Å². The first-order chi connectivity index (χ1) is 6.20.